The Morgan fingerprint density at radius 3 is 2.73 bits per heavy atom. The first-order valence-corrected chi connectivity index (χ1v) is 10.4. The van der Waals surface area contributed by atoms with E-state index in [1.54, 1.807) is 0 Å². The van der Waals surface area contributed by atoms with Gasteiger partial charge in [0, 0.05) is 31.6 Å². The Balaban J connectivity index is 1.32. The number of β-amino-alcohol motifs (C(OH)–C–C–N with tert-alkyl or cyclic N) is 1. The van der Waals surface area contributed by atoms with Gasteiger partial charge in [-0.15, -0.1) is 0 Å². The van der Waals surface area contributed by atoms with Crippen LogP contribution in [0.2, 0.25) is 0 Å². The average Bonchev–Trinajstić information content (AvgIpc) is 2.77. The van der Waals surface area contributed by atoms with Crippen LogP contribution < -0.4 is 14.2 Å². The average molecular weight is 409 g/mol. The number of aliphatic hydroxyl groups excluding tert-OH is 2. The van der Waals surface area contributed by atoms with Gasteiger partial charge in [0.2, 0.25) is 5.75 Å². The zero-order chi connectivity index (χ0) is 20.8. The van der Waals surface area contributed by atoms with Crippen LogP contribution in [0.25, 0.3) is 0 Å². The minimum Gasteiger partial charge on any atom is -0.486 e. The Morgan fingerprint density at radius 1 is 1.10 bits per heavy atom. The van der Waals surface area contributed by atoms with Crippen molar-refractivity contribution < 1.29 is 24.4 Å². The molecule has 2 N–H and O–H groups in total. The fourth-order valence-corrected chi connectivity index (χ4v) is 3.73. The Morgan fingerprint density at radius 2 is 1.93 bits per heavy atom. The van der Waals surface area contributed by atoms with Crippen LogP contribution in [0.1, 0.15) is 24.0 Å². The van der Waals surface area contributed by atoms with E-state index < -0.39 is 6.10 Å². The fraction of sp³-hybridized carbons (Fsp3) is 0.417. The molecule has 2 heterocycles. The van der Waals surface area contributed by atoms with Crippen LogP contribution in [0.4, 0.5) is 0 Å². The minimum atomic E-state index is -0.581. The smallest absolute Gasteiger partial charge is 0.203 e. The van der Waals surface area contributed by atoms with Crippen LogP contribution in [-0.4, -0.2) is 60.2 Å². The normalized spacial score (nSPS) is 20.9. The van der Waals surface area contributed by atoms with E-state index in [0.29, 0.717) is 43.4 Å². The van der Waals surface area contributed by atoms with Gasteiger partial charge in [0.1, 0.15) is 25.4 Å². The lowest BCUT2D eigenvalue weighted by atomic mass is 10.0. The SMILES string of the molecule is OCCC#Cc1ccc(CN2CC[C@@H](Oc3cccc4c3OCCO4)[C@H](O)C2)cc1. The van der Waals surface area contributed by atoms with Gasteiger partial charge < -0.3 is 24.4 Å². The van der Waals surface area contributed by atoms with E-state index in [1.807, 2.05) is 30.3 Å². The molecule has 1 saturated heterocycles. The molecule has 2 aliphatic heterocycles. The lowest BCUT2D eigenvalue weighted by Gasteiger charge is -2.36. The zero-order valence-corrected chi connectivity index (χ0v) is 16.9. The van der Waals surface area contributed by atoms with Crippen LogP contribution in [-0.2, 0) is 6.54 Å². The van der Waals surface area contributed by atoms with Gasteiger partial charge in [0.05, 0.1) is 6.61 Å². The number of fused-ring (bicyclic) bond motifs is 1. The molecule has 6 nitrogen and oxygen atoms in total. The zero-order valence-electron chi connectivity index (χ0n) is 16.9. The van der Waals surface area contributed by atoms with Gasteiger partial charge in [0.15, 0.2) is 11.5 Å². The number of aliphatic hydroxyl groups is 2. The Kier molecular flexibility index (Phi) is 6.75. The highest BCUT2D eigenvalue weighted by Gasteiger charge is 2.30. The second-order valence-electron chi connectivity index (χ2n) is 7.50. The molecule has 0 aliphatic carbocycles. The Bertz CT molecular complexity index is 902. The predicted octanol–water partition coefficient (Wildman–Crippen LogP) is 2.21. The minimum absolute atomic E-state index is 0.0840. The van der Waals surface area contributed by atoms with Gasteiger partial charge >= 0.3 is 0 Å². The van der Waals surface area contributed by atoms with E-state index in [4.69, 9.17) is 19.3 Å². The van der Waals surface area contributed by atoms with Gasteiger partial charge in [-0.3, -0.25) is 4.90 Å². The number of piperidine rings is 1. The number of nitrogens with zero attached hydrogens (tertiary/aromatic N) is 1. The van der Waals surface area contributed by atoms with E-state index in [1.165, 1.54) is 5.56 Å². The molecule has 158 valence electrons. The van der Waals surface area contributed by atoms with Crippen LogP contribution >= 0.6 is 0 Å². The highest BCUT2D eigenvalue weighted by atomic mass is 16.6. The predicted molar refractivity (Wildman–Crippen MR) is 113 cm³/mol. The van der Waals surface area contributed by atoms with Gasteiger partial charge in [-0.1, -0.05) is 30.0 Å². The van der Waals surface area contributed by atoms with Crippen LogP contribution in [0.5, 0.6) is 17.2 Å². The molecule has 30 heavy (non-hydrogen) atoms. The van der Waals surface area contributed by atoms with Crippen molar-refractivity contribution in [1.82, 2.24) is 4.90 Å². The third-order valence-electron chi connectivity index (χ3n) is 5.24. The van der Waals surface area contributed by atoms with Gasteiger partial charge in [-0.2, -0.15) is 0 Å². The molecule has 0 amide bonds. The number of para-hydroxylation sites is 1. The summed E-state index contributed by atoms with van der Waals surface area (Å²) in [7, 11) is 0. The maximum atomic E-state index is 10.7. The second-order valence-corrected chi connectivity index (χ2v) is 7.50. The maximum absolute atomic E-state index is 10.7. The molecule has 1 fully saturated rings. The van der Waals surface area contributed by atoms with E-state index in [9.17, 15) is 5.11 Å². The topological polar surface area (TPSA) is 71.4 Å². The standard InChI is InChI=1S/C24H27NO5/c26-13-2-1-4-18-7-9-19(10-8-18)16-25-12-11-21(20(27)17-25)30-23-6-3-5-22-24(23)29-15-14-28-22/h3,5-10,20-21,26-27H,2,11-17H2/t20-,21-/m1/s1. The quantitative estimate of drug-likeness (QED) is 0.738. The van der Waals surface area contributed by atoms with Crippen molar-refractivity contribution in [1.29, 1.82) is 0 Å². The van der Waals surface area contributed by atoms with Gasteiger partial charge in [-0.05, 0) is 36.2 Å². The largest absolute Gasteiger partial charge is 0.486 e. The molecule has 0 saturated carbocycles. The molecule has 2 atom stereocenters. The van der Waals surface area contributed by atoms with Crippen molar-refractivity contribution in [2.24, 2.45) is 0 Å². The molecule has 0 spiro atoms. The molecule has 0 bridgehead atoms. The highest BCUT2D eigenvalue weighted by molar-refractivity contribution is 5.52. The lowest BCUT2D eigenvalue weighted by molar-refractivity contribution is -0.0290. The maximum Gasteiger partial charge on any atom is 0.203 e. The first-order valence-electron chi connectivity index (χ1n) is 10.4. The summed E-state index contributed by atoms with van der Waals surface area (Å²) in [4.78, 5) is 2.23. The van der Waals surface area contributed by atoms with Crippen molar-refractivity contribution in [3.63, 3.8) is 0 Å². The molecule has 2 aromatic carbocycles. The third kappa shape index (κ3) is 5.06. The summed E-state index contributed by atoms with van der Waals surface area (Å²) in [6, 6.07) is 13.7. The molecule has 0 unspecified atom stereocenters. The Hall–Kier alpha value is -2.72. The first-order chi connectivity index (χ1) is 14.7. The van der Waals surface area contributed by atoms with Crippen LogP contribution in [0.3, 0.4) is 0 Å². The first kappa shape index (κ1) is 20.5. The molecule has 0 radical (unpaired) electrons. The fourth-order valence-electron chi connectivity index (χ4n) is 3.73. The molecule has 6 heteroatoms. The number of likely N-dealkylation sites (tertiary alicyclic amines) is 1. The van der Waals surface area contributed by atoms with E-state index in [2.05, 4.69) is 28.9 Å². The molecular weight excluding hydrogens is 382 g/mol. The number of hydrogen-bond donors (Lipinski definition) is 2. The van der Waals surface area contributed by atoms with Crippen molar-refractivity contribution in [3.8, 4) is 29.1 Å². The molecule has 2 aromatic rings. The molecule has 0 aromatic heterocycles. The number of hydrogen-bond acceptors (Lipinski definition) is 6. The van der Waals surface area contributed by atoms with E-state index in [-0.39, 0.29) is 12.7 Å². The number of rotatable bonds is 5. The van der Waals surface area contributed by atoms with Gasteiger partial charge in [-0.25, -0.2) is 0 Å². The monoisotopic (exact) mass is 409 g/mol. The summed E-state index contributed by atoms with van der Waals surface area (Å²) in [6.45, 7) is 3.28. The number of benzene rings is 2. The summed E-state index contributed by atoms with van der Waals surface area (Å²) in [5.41, 5.74) is 2.12. The highest BCUT2D eigenvalue weighted by Crippen LogP contribution is 2.40. The summed E-state index contributed by atoms with van der Waals surface area (Å²) in [5, 5.41) is 19.5. The Labute approximate surface area is 177 Å². The summed E-state index contributed by atoms with van der Waals surface area (Å²) < 4.78 is 17.4. The number of ether oxygens (including phenoxy) is 3. The van der Waals surface area contributed by atoms with Gasteiger partial charge in [0.25, 0.3) is 0 Å². The molecule has 2 aliphatic rings. The van der Waals surface area contributed by atoms with Crippen molar-refractivity contribution >= 4 is 0 Å². The third-order valence-corrected chi connectivity index (χ3v) is 5.24. The van der Waals surface area contributed by atoms with Crippen molar-refractivity contribution in [2.45, 2.75) is 31.6 Å². The van der Waals surface area contributed by atoms with Crippen molar-refractivity contribution in [2.75, 3.05) is 32.9 Å². The van der Waals surface area contributed by atoms with E-state index in [0.717, 1.165) is 25.1 Å². The van der Waals surface area contributed by atoms with Crippen molar-refractivity contribution in [3.05, 3.63) is 53.6 Å². The second kappa shape index (κ2) is 9.86. The van der Waals surface area contributed by atoms with Crippen LogP contribution in [0, 0.1) is 11.8 Å². The molecule has 4 rings (SSSR count). The summed E-state index contributed by atoms with van der Waals surface area (Å²) in [5.74, 6) is 7.91. The summed E-state index contributed by atoms with van der Waals surface area (Å²) >= 11 is 0. The molecular formula is C24H27NO5. The lowest BCUT2D eigenvalue weighted by Crippen LogP contribution is -2.48. The van der Waals surface area contributed by atoms with Crippen LogP contribution in [0.15, 0.2) is 42.5 Å². The van der Waals surface area contributed by atoms with E-state index >= 15 is 0 Å². The summed E-state index contributed by atoms with van der Waals surface area (Å²) in [6.07, 6.45) is 0.364.